The van der Waals surface area contributed by atoms with Crippen molar-refractivity contribution in [1.82, 2.24) is 14.5 Å². The standard InChI is InChI=1S/C32H33N3O5/c1-3-4-14-35-26(31(33-32(35)22(2)36)25-8-6-5-7-9-25)19-34(17-23-10-12-27-29(15-23)39-20-37-27)18-24-11-13-28-30(16-24)40-21-38-28/h5-13,15-16H,3-4,14,17-21H2,1-2H3. The first-order valence-corrected chi connectivity index (χ1v) is 13.7. The topological polar surface area (TPSA) is 75.1 Å². The third-order valence-corrected chi connectivity index (χ3v) is 7.23. The summed E-state index contributed by atoms with van der Waals surface area (Å²) in [5.74, 6) is 3.53. The van der Waals surface area contributed by atoms with Gasteiger partial charge >= 0.3 is 0 Å². The molecule has 3 heterocycles. The molecule has 0 amide bonds. The van der Waals surface area contributed by atoms with Gasteiger partial charge in [-0.25, -0.2) is 4.98 Å². The molecule has 6 rings (SSSR count). The lowest BCUT2D eigenvalue weighted by atomic mass is 10.1. The molecular formula is C32H33N3O5. The van der Waals surface area contributed by atoms with E-state index in [9.17, 15) is 4.79 Å². The van der Waals surface area contributed by atoms with Crippen molar-refractivity contribution >= 4 is 5.78 Å². The number of unbranched alkanes of at least 4 members (excludes halogenated alkanes) is 1. The van der Waals surface area contributed by atoms with E-state index < -0.39 is 0 Å². The number of hydrogen-bond donors (Lipinski definition) is 0. The van der Waals surface area contributed by atoms with Crippen LogP contribution in [0.1, 0.15) is 54.1 Å². The Labute approximate surface area is 234 Å². The molecule has 0 aliphatic carbocycles. The van der Waals surface area contributed by atoms with Crippen molar-refractivity contribution in [3.63, 3.8) is 0 Å². The van der Waals surface area contributed by atoms with Crippen molar-refractivity contribution in [1.29, 1.82) is 0 Å². The minimum absolute atomic E-state index is 0.0300. The molecule has 0 fully saturated rings. The number of carbonyl (C=O) groups excluding carboxylic acids is 1. The number of benzene rings is 3. The van der Waals surface area contributed by atoms with E-state index in [0.29, 0.717) is 25.5 Å². The molecule has 206 valence electrons. The average molecular weight is 540 g/mol. The molecule has 40 heavy (non-hydrogen) atoms. The molecule has 8 heteroatoms. The summed E-state index contributed by atoms with van der Waals surface area (Å²) in [7, 11) is 0. The van der Waals surface area contributed by atoms with Crippen LogP contribution in [-0.2, 0) is 26.2 Å². The Hall–Kier alpha value is -4.30. The molecule has 3 aromatic carbocycles. The van der Waals surface area contributed by atoms with Crippen LogP contribution < -0.4 is 18.9 Å². The first-order valence-electron chi connectivity index (χ1n) is 13.7. The van der Waals surface area contributed by atoms with Crippen molar-refractivity contribution in [3.8, 4) is 34.3 Å². The maximum Gasteiger partial charge on any atom is 0.231 e. The van der Waals surface area contributed by atoms with E-state index >= 15 is 0 Å². The van der Waals surface area contributed by atoms with E-state index in [1.807, 2.05) is 42.5 Å². The molecule has 0 radical (unpaired) electrons. The van der Waals surface area contributed by atoms with Gasteiger partial charge in [-0.15, -0.1) is 0 Å². The number of ketones is 1. The number of ether oxygens (including phenoxy) is 4. The minimum Gasteiger partial charge on any atom is -0.454 e. The largest absolute Gasteiger partial charge is 0.454 e. The zero-order chi connectivity index (χ0) is 27.5. The Morgan fingerprint density at radius 2 is 1.43 bits per heavy atom. The number of hydrogen-bond acceptors (Lipinski definition) is 7. The Balaban J connectivity index is 1.40. The SMILES string of the molecule is CCCCn1c(C(C)=O)nc(-c2ccccc2)c1CN(Cc1ccc2c(c1)OCO2)Cc1ccc2c(c1)OCO2. The zero-order valence-corrected chi connectivity index (χ0v) is 22.9. The molecule has 1 aromatic heterocycles. The number of imidazole rings is 1. The molecule has 2 aliphatic heterocycles. The van der Waals surface area contributed by atoms with Gasteiger partial charge in [0.2, 0.25) is 13.6 Å². The maximum atomic E-state index is 12.8. The van der Waals surface area contributed by atoms with Crippen LogP contribution in [0.2, 0.25) is 0 Å². The summed E-state index contributed by atoms with van der Waals surface area (Å²) in [5, 5.41) is 0. The molecule has 0 unspecified atom stereocenters. The van der Waals surface area contributed by atoms with Crippen LogP contribution >= 0.6 is 0 Å². The Morgan fingerprint density at radius 3 is 2.00 bits per heavy atom. The summed E-state index contributed by atoms with van der Waals surface area (Å²) in [5.41, 5.74) is 5.10. The van der Waals surface area contributed by atoms with Gasteiger partial charge < -0.3 is 23.5 Å². The van der Waals surface area contributed by atoms with Gasteiger partial charge in [-0.05, 0) is 41.8 Å². The summed E-state index contributed by atoms with van der Waals surface area (Å²) >= 11 is 0. The van der Waals surface area contributed by atoms with E-state index in [-0.39, 0.29) is 19.4 Å². The van der Waals surface area contributed by atoms with Crippen molar-refractivity contribution in [2.75, 3.05) is 13.6 Å². The Kier molecular flexibility index (Phi) is 7.42. The smallest absolute Gasteiger partial charge is 0.231 e. The van der Waals surface area contributed by atoms with Gasteiger partial charge in [-0.1, -0.05) is 55.8 Å². The van der Waals surface area contributed by atoms with Gasteiger partial charge in [-0.2, -0.15) is 0 Å². The predicted octanol–water partition coefficient (Wildman–Crippen LogP) is 6.21. The highest BCUT2D eigenvalue weighted by atomic mass is 16.7. The fourth-order valence-electron chi connectivity index (χ4n) is 5.27. The van der Waals surface area contributed by atoms with Crippen LogP contribution in [-0.4, -0.2) is 33.8 Å². The first-order chi connectivity index (χ1) is 19.6. The van der Waals surface area contributed by atoms with Crippen LogP contribution in [0, 0.1) is 0 Å². The third kappa shape index (κ3) is 5.40. The summed E-state index contributed by atoms with van der Waals surface area (Å²) in [6.07, 6.45) is 1.98. The lowest BCUT2D eigenvalue weighted by Crippen LogP contribution is -2.25. The molecule has 0 atom stereocenters. The van der Waals surface area contributed by atoms with Crippen molar-refractivity contribution in [2.24, 2.45) is 0 Å². The molecule has 8 nitrogen and oxygen atoms in total. The van der Waals surface area contributed by atoms with Crippen LogP contribution in [0.5, 0.6) is 23.0 Å². The van der Waals surface area contributed by atoms with E-state index in [4.69, 9.17) is 23.9 Å². The number of rotatable bonds is 11. The summed E-state index contributed by atoms with van der Waals surface area (Å²) in [4.78, 5) is 20.0. The predicted molar refractivity (Wildman–Crippen MR) is 151 cm³/mol. The van der Waals surface area contributed by atoms with E-state index in [2.05, 4.69) is 40.7 Å². The van der Waals surface area contributed by atoms with Crippen molar-refractivity contribution in [3.05, 3.63) is 89.4 Å². The Bertz CT molecular complexity index is 1460. The number of carbonyl (C=O) groups is 1. The lowest BCUT2D eigenvalue weighted by molar-refractivity contribution is 0.0998. The molecule has 0 spiro atoms. The fourth-order valence-corrected chi connectivity index (χ4v) is 5.27. The molecule has 0 bridgehead atoms. The van der Waals surface area contributed by atoms with E-state index in [1.54, 1.807) is 6.92 Å². The van der Waals surface area contributed by atoms with Gasteiger partial charge in [-0.3, -0.25) is 9.69 Å². The number of aromatic nitrogens is 2. The Morgan fingerprint density at radius 1 is 0.825 bits per heavy atom. The minimum atomic E-state index is -0.0300. The van der Waals surface area contributed by atoms with Crippen molar-refractivity contribution in [2.45, 2.75) is 52.9 Å². The highest BCUT2D eigenvalue weighted by Gasteiger charge is 2.24. The van der Waals surface area contributed by atoms with Crippen LogP contribution in [0.3, 0.4) is 0 Å². The number of fused-ring (bicyclic) bond motifs is 2. The van der Waals surface area contributed by atoms with Gasteiger partial charge in [0.25, 0.3) is 0 Å². The summed E-state index contributed by atoms with van der Waals surface area (Å²) < 4.78 is 24.5. The molecule has 2 aliphatic rings. The number of nitrogens with zero attached hydrogens (tertiary/aromatic N) is 3. The lowest BCUT2D eigenvalue weighted by Gasteiger charge is -2.25. The monoisotopic (exact) mass is 539 g/mol. The van der Waals surface area contributed by atoms with Gasteiger partial charge in [0.05, 0.1) is 11.4 Å². The highest BCUT2D eigenvalue weighted by molar-refractivity contribution is 5.91. The fraction of sp³-hybridized carbons (Fsp3) is 0.312. The summed E-state index contributed by atoms with van der Waals surface area (Å²) in [6, 6.07) is 22.3. The van der Waals surface area contributed by atoms with Crippen LogP contribution in [0.25, 0.3) is 11.3 Å². The van der Waals surface area contributed by atoms with E-state index in [0.717, 1.165) is 70.5 Å². The first kappa shape index (κ1) is 26.0. The molecule has 0 saturated heterocycles. The second-order valence-corrected chi connectivity index (χ2v) is 10.2. The van der Waals surface area contributed by atoms with Crippen molar-refractivity contribution < 1.29 is 23.7 Å². The van der Waals surface area contributed by atoms with Gasteiger partial charge in [0.15, 0.2) is 34.6 Å². The quantitative estimate of drug-likeness (QED) is 0.210. The average Bonchev–Trinajstić information content (AvgIpc) is 3.70. The second-order valence-electron chi connectivity index (χ2n) is 10.2. The molecule has 0 N–H and O–H groups in total. The number of Topliss-reactive ketones (excluding diaryl/α,β-unsaturated/α-hetero) is 1. The van der Waals surface area contributed by atoms with Gasteiger partial charge in [0, 0.05) is 38.7 Å². The van der Waals surface area contributed by atoms with E-state index in [1.165, 1.54) is 0 Å². The summed E-state index contributed by atoms with van der Waals surface area (Å²) in [6.45, 7) is 6.89. The normalized spacial score (nSPS) is 13.3. The second kappa shape index (κ2) is 11.4. The third-order valence-electron chi connectivity index (χ3n) is 7.23. The van der Waals surface area contributed by atoms with Crippen LogP contribution in [0.15, 0.2) is 66.7 Å². The maximum absolute atomic E-state index is 12.8. The molecule has 4 aromatic rings. The van der Waals surface area contributed by atoms with Gasteiger partial charge in [0.1, 0.15) is 0 Å². The highest BCUT2D eigenvalue weighted by Crippen LogP contribution is 2.35. The molecule has 0 saturated carbocycles. The zero-order valence-electron chi connectivity index (χ0n) is 22.9. The molecular weight excluding hydrogens is 506 g/mol. The van der Waals surface area contributed by atoms with Crippen LogP contribution in [0.4, 0.5) is 0 Å².